The van der Waals surface area contributed by atoms with E-state index in [1.54, 1.807) is 25.6 Å². The molecule has 4 heterocycles. The molecule has 2 aliphatic rings. The molecule has 3 N–H and O–H groups in total. The van der Waals surface area contributed by atoms with Crippen LogP contribution in [0.15, 0.2) is 24.7 Å². The molecule has 4 rings (SSSR count). The fraction of sp³-hybridized carbons (Fsp3) is 0.565. The van der Waals surface area contributed by atoms with Crippen LogP contribution in [-0.2, 0) is 14.3 Å². The lowest BCUT2D eigenvalue weighted by molar-refractivity contribution is -0.119. The summed E-state index contributed by atoms with van der Waals surface area (Å²) in [4.78, 5) is 26.0. The maximum Gasteiger partial charge on any atom is 0.229 e. The molecule has 2 aliphatic heterocycles. The van der Waals surface area contributed by atoms with E-state index in [2.05, 4.69) is 32.8 Å². The highest BCUT2D eigenvalue weighted by atomic mass is 35.5. The number of pyridine rings is 1. The average molecular weight is 475 g/mol. The molecule has 0 aliphatic carbocycles. The normalized spacial score (nSPS) is 22.2. The number of carbonyl (C=O) groups is 1. The number of hydrogen-bond donors (Lipinski definition) is 3. The van der Waals surface area contributed by atoms with E-state index in [1.807, 2.05) is 0 Å². The summed E-state index contributed by atoms with van der Waals surface area (Å²) in [6.45, 7) is 5.82. The van der Waals surface area contributed by atoms with Gasteiger partial charge in [0.2, 0.25) is 5.91 Å². The minimum absolute atomic E-state index is 0.0758. The maximum atomic E-state index is 12.7. The lowest BCUT2D eigenvalue weighted by Crippen LogP contribution is -2.33. The number of halogens is 1. The van der Waals surface area contributed by atoms with Gasteiger partial charge in [0.25, 0.3) is 0 Å². The van der Waals surface area contributed by atoms with Crippen molar-refractivity contribution in [2.24, 2.45) is 11.3 Å². The molecule has 0 aromatic carbocycles. The first-order chi connectivity index (χ1) is 16.0. The van der Waals surface area contributed by atoms with Crippen LogP contribution in [0.25, 0.3) is 11.3 Å². The van der Waals surface area contributed by atoms with Crippen molar-refractivity contribution in [1.29, 1.82) is 0 Å². The van der Waals surface area contributed by atoms with Crippen LogP contribution < -0.4 is 16.0 Å². The molecule has 9 nitrogen and oxygen atoms in total. The number of rotatable bonds is 8. The molecule has 0 bridgehead atoms. The number of aromatic nitrogens is 3. The Morgan fingerprint density at radius 1 is 1.30 bits per heavy atom. The zero-order chi connectivity index (χ0) is 23.3. The van der Waals surface area contributed by atoms with Crippen molar-refractivity contribution in [2.75, 3.05) is 50.7 Å². The SMILES string of the molecule is COCC1CC(C(=O)Nc2cc(-c3cncc(NCC4(C)CCOCC4)n3)c(Cl)cn2)CN1. The second-order valence-electron chi connectivity index (χ2n) is 9.10. The van der Waals surface area contributed by atoms with Crippen molar-refractivity contribution in [1.82, 2.24) is 20.3 Å². The zero-order valence-electron chi connectivity index (χ0n) is 19.1. The summed E-state index contributed by atoms with van der Waals surface area (Å²) in [6.07, 6.45) is 7.63. The van der Waals surface area contributed by atoms with E-state index in [0.29, 0.717) is 41.1 Å². The monoisotopic (exact) mass is 474 g/mol. The minimum atomic E-state index is -0.134. The van der Waals surface area contributed by atoms with Crippen molar-refractivity contribution >= 4 is 29.1 Å². The van der Waals surface area contributed by atoms with Gasteiger partial charge in [0, 0.05) is 51.2 Å². The van der Waals surface area contributed by atoms with Gasteiger partial charge in [-0.15, -0.1) is 0 Å². The molecule has 2 fully saturated rings. The largest absolute Gasteiger partial charge is 0.383 e. The second kappa shape index (κ2) is 10.7. The molecule has 2 atom stereocenters. The van der Waals surface area contributed by atoms with Crippen molar-refractivity contribution in [3.8, 4) is 11.3 Å². The number of nitrogens with one attached hydrogen (secondary N) is 3. The molecule has 33 heavy (non-hydrogen) atoms. The molecule has 2 unspecified atom stereocenters. The summed E-state index contributed by atoms with van der Waals surface area (Å²) in [6, 6.07) is 1.93. The van der Waals surface area contributed by atoms with Gasteiger partial charge >= 0.3 is 0 Å². The molecule has 0 radical (unpaired) electrons. The van der Waals surface area contributed by atoms with Crippen LogP contribution in [0.3, 0.4) is 0 Å². The number of carbonyl (C=O) groups excluding carboxylic acids is 1. The predicted molar refractivity (Wildman–Crippen MR) is 127 cm³/mol. The molecule has 2 aromatic rings. The molecular formula is C23H31ClN6O3. The standard InChI is InChI=1S/C23H31ClN6O3/c1-23(3-5-33-6-4-23)14-28-21-12-25-11-19(29-21)17-8-20(27-10-18(17)24)30-22(31)15-7-16(13-32-2)26-9-15/h8,10-12,15-16,26H,3-7,9,13-14H2,1-2H3,(H,28,29)(H,27,30,31). The summed E-state index contributed by atoms with van der Waals surface area (Å²) in [5.41, 5.74) is 1.44. The van der Waals surface area contributed by atoms with E-state index in [1.165, 1.54) is 6.20 Å². The highest BCUT2D eigenvalue weighted by Gasteiger charge is 2.30. The summed E-state index contributed by atoms with van der Waals surface area (Å²) < 4.78 is 10.7. The number of anilines is 2. The highest BCUT2D eigenvalue weighted by molar-refractivity contribution is 6.33. The Morgan fingerprint density at radius 2 is 2.12 bits per heavy atom. The summed E-state index contributed by atoms with van der Waals surface area (Å²) in [5, 5.41) is 10.1. The Kier molecular flexibility index (Phi) is 7.75. The summed E-state index contributed by atoms with van der Waals surface area (Å²) in [7, 11) is 1.66. The van der Waals surface area contributed by atoms with Crippen LogP contribution >= 0.6 is 11.6 Å². The summed E-state index contributed by atoms with van der Waals surface area (Å²) >= 11 is 6.42. The number of ether oxygens (including phenoxy) is 2. The van der Waals surface area contributed by atoms with Crippen LogP contribution in [0.1, 0.15) is 26.2 Å². The van der Waals surface area contributed by atoms with Gasteiger partial charge in [0.15, 0.2) is 0 Å². The van der Waals surface area contributed by atoms with Gasteiger partial charge < -0.3 is 25.4 Å². The van der Waals surface area contributed by atoms with Gasteiger partial charge in [-0.1, -0.05) is 18.5 Å². The predicted octanol–water partition coefficient (Wildman–Crippen LogP) is 2.98. The number of methoxy groups -OCH3 is 1. The summed E-state index contributed by atoms with van der Waals surface area (Å²) in [5.74, 6) is 0.905. The smallest absolute Gasteiger partial charge is 0.229 e. The number of hydrogen-bond acceptors (Lipinski definition) is 8. The Balaban J connectivity index is 1.43. The molecule has 2 saturated heterocycles. The van der Waals surface area contributed by atoms with E-state index in [4.69, 9.17) is 26.1 Å². The van der Waals surface area contributed by atoms with Crippen molar-refractivity contribution < 1.29 is 14.3 Å². The van der Waals surface area contributed by atoms with Gasteiger partial charge in [0.1, 0.15) is 11.6 Å². The Morgan fingerprint density at radius 3 is 2.91 bits per heavy atom. The van der Waals surface area contributed by atoms with Crippen molar-refractivity contribution in [3.63, 3.8) is 0 Å². The quantitative estimate of drug-likeness (QED) is 0.535. The molecule has 0 spiro atoms. The fourth-order valence-electron chi connectivity index (χ4n) is 4.20. The first kappa shape index (κ1) is 23.8. The van der Waals surface area contributed by atoms with E-state index in [9.17, 15) is 4.79 Å². The van der Waals surface area contributed by atoms with E-state index < -0.39 is 0 Å². The van der Waals surface area contributed by atoms with Gasteiger partial charge in [-0.25, -0.2) is 9.97 Å². The number of nitrogens with zero attached hydrogens (tertiary/aromatic N) is 3. The second-order valence-corrected chi connectivity index (χ2v) is 9.51. The van der Waals surface area contributed by atoms with Crippen LogP contribution in [0.2, 0.25) is 5.02 Å². The lowest BCUT2D eigenvalue weighted by Gasteiger charge is -2.33. The maximum absolute atomic E-state index is 12.7. The van der Waals surface area contributed by atoms with Gasteiger partial charge in [-0.2, -0.15) is 0 Å². The third kappa shape index (κ3) is 6.17. The van der Waals surface area contributed by atoms with Crippen LogP contribution in [0, 0.1) is 11.3 Å². The molecule has 0 saturated carbocycles. The van der Waals surface area contributed by atoms with Gasteiger partial charge in [0.05, 0.1) is 35.6 Å². The van der Waals surface area contributed by atoms with Crippen LogP contribution in [0.5, 0.6) is 0 Å². The van der Waals surface area contributed by atoms with Gasteiger partial charge in [-0.05, 0) is 30.7 Å². The Labute approximate surface area is 199 Å². The molecule has 2 aromatic heterocycles. The Bertz CT molecular complexity index is 969. The molecule has 10 heteroatoms. The Hall–Kier alpha value is -2.33. The van der Waals surface area contributed by atoms with E-state index in [-0.39, 0.29) is 23.3 Å². The average Bonchev–Trinajstić information content (AvgIpc) is 3.29. The van der Waals surface area contributed by atoms with E-state index >= 15 is 0 Å². The zero-order valence-corrected chi connectivity index (χ0v) is 19.8. The van der Waals surface area contributed by atoms with Crippen LogP contribution in [0.4, 0.5) is 11.6 Å². The molecular weight excluding hydrogens is 444 g/mol. The van der Waals surface area contributed by atoms with Gasteiger partial charge in [-0.3, -0.25) is 9.78 Å². The minimum Gasteiger partial charge on any atom is -0.383 e. The first-order valence-electron chi connectivity index (χ1n) is 11.3. The van der Waals surface area contributed by atoms with E-state index in [0.717, 1.165) is 39.0 Å². The van der Waals surface area contributed by atoms with Crippen molar-refractivity contribution in [3.05, 3.63) is 29.7 Å². The third-order valence-electron chi connectivity index (χ3n) is 6.37. The molecule has 178 valence electrons. The third-order valence-corrected chi connectivity index (χ3v) is 6.68. The fourth-order valence-corrected chi connectivity index (χ4v) is 4.40. The topological polar surface area (TPSA) is 110 Å². The molecule has 1 amide bonds. The highest BCUT2D eigenvalue weighted by Crippen LogP contribution is 2.31. The van der Waals surface area contributed by atoms with Crippen molar-refractivity contribution in [2.45, 2.75) is 32.2 Å². The lowest BCUT2D eigenvalue weighted by atomic mass is 9.82. The van der Waals surface area contributed by atoms with Crippen LogP contribution in [-0.4, -0.2) is 66.9 Å². The number of amides is 1. The first-order valence-corrected chi connectivity index (χ1v) is 11.7.